The minimum Gasteiger partial charge on any atom is -0.507 e. The van der Waals surface area contributed by atoms with E-state index >= 15 is 0 Å². The van der Waals surface area contributed by atoms with E-state index in [0.29, 0.717) is 53.5 Å². The third-order valence-corrected chi connectivity index (χ3v) is 12.8. The van der Waals surface area contributed by atoms with Crippen molar-refractivity contribution in [2.45, 2.75) is 52.4 Å². The molecule has 8 aromatic carbocycles. The van der Waals surface area contributed by atoms with Crippen molar-refractivity contribution in [3.8, 4) is 79.4 Å². The zero-order valence-electron chi connectivity index (χ0n) is 42.2. The average molecular weight is 1150 g/mol. The van der Waals surface area contributed by atoms with E-state index in [1.54, 1.807) is 36.4 Å². The van der Waals surface area contributed by atoms with Crippen molar-refractivity contribution in [1.29, 1.82) is 0 Å². The number of aromatic nitrogens is 4. The van der Waals surface area contributed by atoms with E-state index in [9.17, 15) is 10.2 Å². The Bertz CT molecular complexity index is 3180. The molecule has 0 aliphatic rings. The molecule has 0 aliphatic heterocycles. The number of aromatic hydroxyl groups is 2. The van der Waals surface area contributed by atoms with Gasteiger partial charge in [-0.25, -0.2) is 0 Å². The quantitative estimate of drug-likeness (QED) is 0.158. The molecule has 0 unspecified atom stereocenters. The summed E-state index contributed by atoms with van der Waals surface area (Å²) in [5.74, 6) is 1.10. The second-order valence-corrected chi connectivity index (χ2v) is 20.7. The van der Waals surface area contributed by atoms with E-state index in [2.05, 4.69) is 75.7 Å². The van der Waals surface area contributed by atoms with Crippen LogP contribution in [0.25, 0.3) is 67.9 Å². The number of nitrogens with zero attached hydrogens (tertiary/aromatic N) is 4. The van der Waals surface area contributed by atoms with Crippen molar-refractivity contribution >= 4 is 46.4 Å². The number of hydrogen-bond donors (Lipinski definition) is 2. The Balaban J connectivity index is 0.000000191. The molecule has 0 saturated heterocycles. The fraction of sp³-hybridized carbons (Fsp3) is 0.129. The van der Waals surface area contributed by atoms with Gasteiger partial charge in [-0.1, -0.05) is 183 Å². The smallest absolute Gasteiger partial charge is 0.507 e. The number of rotatable bonds is 6. The Kier molecular flexibility index (Phi) is 19.8. The summed E-state index contributed by atoms with van der Waals surface area (Å²) < 4.78 is 10.9. The molecule has 10 aromatic rings. The molecular weight excluding hydrogens is 1100 g/mol. The molecule has 75 heavy (non-hydrogen) atoms. The number of phenols is 2. The van der Waals surface area contributed by atoms with Crippen LogP contribution in [0.3, 0.4) is 0 Å². The van der Waals surface area contributed by atoms with Gasteiger partial charge in [0.2, 0.25) is 11.6 Å². The third-order valence-electron chi connectivity index (χ3n) is 11.5. The summed E-state index contributed by atoms with van der Waals surface area (Å²) in [7, 11) is 0. The maximum atomic E-state index is 11.1. The fourth-order valence-corrected chi connectivity index (χ4v) is 8.50. The maximum Gasteiger partial charge on any atom is 2.00 e. The molecule has 0 atom stereocenters. The van der Waals surface area contributed by atoms with Crippen LogP contribution in [0.4, 0.5) is 0 Å². The average Bonchev–Trinajstić information content (AvgIpc) is 4.06. The van der Waals surface area contributed by atoms with Gasteiger partial charge in [-0.3, -0.25) is 0 Å². The monoisotopic (exact) mass is 1150 g/mol. The summed E-state index contributed by atoms with van der Waals surface area (Å²) in [6.45, 7) is 20.1. The number of halogens is 4. The second kappa shape index (κ2) is 25.8. The number of benzene rings is 8. The predicted molar refractivity (Wildman–Crippen MR) is 304 cm³/mol. The van der Waals surface area contributed by atoms with Crippen molar-refractivity contribution in [2.24, 2.45) is 0 Å². The first-order valence-corrected chi connectivity index (χ1v) is 25.0. The van der Waals surface area contributed by atoms with Crippen LogP contribution in [0.15, 0.2) is 191 Å². The molecule has 2 heterocycles. The standard InChI is InChI=1S/2C24H20Cl2N2O2.2C7H7.Zr/c2*1-24(2,3)15-12-16(14-8-5-4-6-9-14)21(29)17(13-15)22-27-23(30-28-22)20-18(25)10-7-11-19(20)26;2*1-7-5-3-2-4-6-7;/h2*4-13,29H,1-3H3;2*2-6H,1H2;/q;;2*-1;+2. The summed E-state index contributed by atoms with van der Waals surface area (Å²) in [6.07, 6.45) is 0. The molecule has 2 N–H and O–H groups in total. The van der Waals surface area contributed by atoms with E-state index in [-0.39, 0.29) is 72.0 Å². The minimum atomic E-state index is -0.148. The van der Waals surface area contributed by atoms with Crippen LogP contribution in [0.5, 0.6) is 11.5 Å². The van der Waals surface area contributed by atoms with Crippen LogP contribution in [0.2, 0.25) is 20.1 Å². The van der Waals surface area contributed by atoms with Gasteiger partial charge < -0.3 is 19.3 Å². The summed E-state index contributed by atoms with van der Waals surface area (Å²) in [5, 5.41) is 32.1. The fourth-order valence-electron chi connectivity index (χ4n) is 7.38. The molecule has 0 amide bonds. The van der Waals surface area contributed by atoms with Gasteiger partial charge in [-0.05, 0) is 81.6 Å². The molecule has 8 nitrogen and oxygen atoms in total. The molecule has 0 fully saturated rings. The van der Waals surface area contributed by atoms with Crippen molar-refractivity contribution in [1.82, 2.24) is 20.3 Å². The maximum absolute atomic E-state index is 11.1. The zero-order valence-corrected chi connectivity index (χ0v) is 47.7. The Labute approximate surface area is 478 Å². The van der Waals surface area contributed by atoms with Crippen molar-refractivity contribution < 1.29 is 45.5 Å². The van der Waals surface area contributed by atoms with E-state index in [4.69, 9.17) is 55.4 Å². The molecule has 0 bridgehead atoms. The minimum absolute atomic E-state index is 0. The molecule has 13 heteroatoms. The largest absolute Gasteiger partial charge is 2.00 e. The zero-order chi connectivity index (χ0) is 53.2. The molecule has 10 rings (SSSR count). The summed E-state index contributed by atoms with van der Waals surface area (Å²) in [6, 6.07) is 57.3. The summed E-state index contributed by atoms with van der Waals surface area (Å²) in [4.78, 5) is 8.97. The van der Waals surface area contributed by atoms with Gasteiger partial charge in [-0.15, -0.1) is 24.3 Å². The number of phenolic OH excluding ortho intramolecular Hbond substituents is 2. The van der Waals surface area contributed by atoms with E-state index in [1.165, 1.54) is 0 Å². The van der Waals surface area contributed by atoms with Crippen molar-refractivity contribution in [3.63, 3.8) is 0 Å². The Morgan fingerprint density at radius 1 is 0.400 bits per heavy atom. The van der Waals surface area contributed by atoms with Crippen molar-refractivity contribution in [2.75, 3.05) is 0 Å². The van der Waals surface area contributed by atoms with Crippen LogP contribution < -0.4 is 0 Å². The van der Waals surface area contributed by atoms with Gasteiger partial charge in [-0.2, -0.15) is 59.2 Å². The van der Waals surface area contributed by atoms with Gasteiger partial charge in [0.1, 0.15) is 11.5 Å². The van der Waals surface area contributed by atoms with Crippen LogP contribution in [0, 0.1) is 13.8 Å². The van der Waals surface area contributed by atoms with E-state index in [0.717, 1.165) is 33.4 Å². The van der Waals surface area contributed by atoms with Gasteiger partial charge >= 0.3 is 26.2 Å². The molecule has 0 aliphatic carbocycles. The van der Waals surface area contributed by atoms with Crippen LogP contribution >= 0.6 is 46.4 Å². The van der Waals surface area contributed by atoms with Crippen LogP contribution in [-0.4, -0.2) is 30.5 Å². The van der Waals surface area contributed by atoms with Gasteiger partial charge in [0.05, 0.1) is 42.3 Å². The van der Waals surface area contributed by atoms with Crippen LogP contribution in [-0.2, 0) is 37.0 Å². The Morgan fingerprint density at radius 2 is 0.680 bits per heavy atom. The third kappa shape index (κ3) is 14.8. The normalized spacial score (nSPS) is 10.9. The molecule has 0 saturated carbocycles. The van der Waals surface area contributed by atoms with Crippen LogP contribution in [0.1, 0.15) is 63.8 Å². The van der Waals surface area contributed by atoms with E-state index in [1.807, 2.05) is 146 Å². The molecule has 2 aromatic heterocycles. The second-order valence-electron chi connectivity index (χ2n) is 19.1. The Hall–Kier alpha value is -6.58. The van der Waals surface area contributed by atoms with Gasteiger partial charge in [0, 0.05) is 11.1 Å². The molecule has 0 spiro atoms. The summed E-state index contributed by atoms with van der Waals surface area (Å²) >= 11 is 25.1. The SMILES string of the molecule is CC(C)(C)c1cc(-c2ccccc2)c(O)c(-c2noc(-c3c(Cl)cccc3Cl)n2)c1.CC(C)(C)c1cc(-c2ccccc2)c(O)c(-c2noc(-c3c(Cl)cccc3Cl)n2)c1.[CH2-]c1ccccc1.[CH2-]c1ccccc1.[Zr+2]. The topological polar surface area (TPSA) is 118 Å². The van der Waals surface area contributed by atoms with Gasteiger partial charge in [0.15, 0.2) is 0 Å². The molecular formula is C62H54Cl4N4O4Zr. The molecule has 0 radical (unpaired) electrons. The first-order chi connectivity index (χ1) is 35.3. The molecule has 378 valence electrons. The van der Waals surface area contributed by atoms with Crippen molar-refractivity contribution in [3.05, 3.63) is 238 Å². The number of hydrogen-bond acceptors (Lipinski definition) is 8. The first kappa shape index (κ1) is 57.7. The van der Waals surface area contributed by atoms with Gasteiger partial charge in [0.25, 0.3) is 11.8 Å². The summed E-state index contributed by atoms with van der Waals surface area (Å²) in [5.41, 5.74) is 9.05. The predicted octanol–water partition coefficient (Wildman–Crippen LogP) is 18.5. The Morgan fingerprint density at radius 3 is 0.947 bits per heavy atom. The van der Waals surface area contributed by atoms with E-state index < -0.39 is 0 Å². The first-order valence-electron chi connectivity index (χ1n) is 23.5.